The molecule has 1 N–H and O–H groups in total. The Morgan fingerprint density at radius 2 is 1.85 bits per heavy atom. The summed E-state index contributed by atoms with van der Waals surface area (Å²) in [6, 6.07) is 13.9. The van der Waals surface area contributed by atoms with Crippen LogP contribution in [0.3, 0.4) is 0 Å². The van der Waals surface area contributed by atoms with Gasteiger partial charge in [-0.05, 0) is 43.7 Å². The molecule has 26 heavy (non-hydrogen) atoms. The molecule has 0 unspecified atom stereocenters. The van der Waals surface area contributed by atoms with E-state index in [-0.39, 0.29) is 17.7 Å². The largest absolute Gasteiger partial charge is 0.496 e. The van der Waals surface area contributed by atoms with E-state index < -0.39 is 10.0 Å². The Kier molecular flexibility index (Phi) is 5.18. The molecule has 1 atom stereocenters. The van der Waals surface area contributed by atoms with E-state index in [1.165, 1.54) is 4.31 Å². The Hall–Kier alpha value is -2.54. The van der Waals surface area contributed by atoms with Crippen molar-refractivity contribution in [3.63, 3.8) is 0 Å². The van der Waals surface area contributed by atoms with E-state index in [4.69, 9.17) is 4.74 Å². The molecule has 1 aliphatic heterocycles. The number of nitrogens with zero attached hydrogens (tertiary/aromatic N) is 1. The van der Waals surface area contributed by atoms with Crippen LogP contribution in [0, 0.1) is 0 Å². The van der Waals surface area contributed by atoms with Crippen LogP contribution < -0.4 is 14.4 Å². The number of ether oxygens (including phenoxy) is 1. The van der Waals surface area contributed by atoms with E-state index in [0.717, 1.165) is 11.3 Å². The lowest BCUT2D eigenvalue weighted by molar-refractivity contribution is 0.0939. The molecule has 3 rings (SSSR count). The summed E-state index contributed by atoms with van der Waals surface area (Å²) in [7, 11) is -1.62. The van der Waals surface area contributed by atoms with Crippen molar-refractivity contribution in [1.82, 2.24) is 5.32 Å². The highest BCUT2D eigenvalue weighted by Crippen LogP contribution is 2.26. The second kappa shape index (κ2) is 7.37. The maximum absolute atomic E-state index is 12.5. The monoisotopic (exact) mass is 374 g/mol. The number of nitrogens with one attached hydrogen (secondary N) is 1. The molecule has 0 radical (unpaired) electrons. The van der Waals surface area contributed by atoms with Gasteiger partial charge < -0.3 is 10.1 Å². The predicted octanol–water partition coefficient (Wildman–Crippen LogP) is 2.73. The molecule has 1 heterocycles. The third kappa shape index (κ3) is 3.67. The number of methoxy groups -OCH3 is 1. The molecule has 2 aromatic rings. The maximum Gasteiger partial charge on any atom is 0.251 e. The van der Waals surface area contributed by atoms with Gasteiger partial charge in [0.15, 0.2) is 0 Å². The first-order valence-electron chi connectivity index (χ1n) is 8.46. The number of rotatable bonds is 5. The molecule has 0 spiro atoms. The maximum atomic E-state index is 12.5. The highest BCUT2D eigenvalue weighted by atomic mass is 32.2. The molecule has 0 aliphatic carbocycles. The van der Waals surface area contributed by atoms with Crippen LogP contribution in [0.5, 0.6) is 5.75 Å². The van der Waals surface area contributed by atoms with Crippen molar-refractivity contribution in [2.24, 2.45) is 0 Å². The van der Waals surface area contributed by atoms with Crippen LogP contribution in [0.1, 0.15) is 35.3 Å². The minimum Gasteiger partial charge on any atom is -0.496 e. The van der Waals surface area contributed by atoms with Gasteiger partial charge in [0.2, 0.25) is 10.0 Å². The number of anilines is 1. The summed E-state index contributed by atoms with van der Waals surface area (Å²) in [6.45, 7) is 2.37. The van der Waals surface area contributed by atoms with Crippen LogP contribution in [0.2, 0.25) is 0 Å². The summed E-state index contributed by atoms with van der Waals surface area (Å²) in [4.78, 5) is 12.5. The molecule has 138 valence electrons. The molecular weight excluding hydrogens is 352 g/mol. The summed E-state index contributed by atoms with van der Waals surface area (Å²) in [6.07, 6.45) is 0.626. The quantitative estimate of drug-likeness (QED) is 0.873. The third-order valence-corrected chi connectivity index (χ3v) is 6.34. The van der Waals surface area contributed by atoms with Crippen LogP contribution in [-0.2, 0) is 10.0 Å². The summed E-state index contributed by atoms with van der Waals surface area (Å²) in [5.41, 5.74) is 1.96. The Labute approximate surface area is 153 Å². The minimum atomic E-state index is -3.22. The summed E-state index contributed by atoms with van der Waals surface area (Å²) in [5, 5.41) is 2.94. The fourth-order valence-corrected chi connectivity index (χ4v) is 4.65. The Bertz CT molecular complexity index is 894. The highest BCUT2D eigenvalue weighted by Gasteiger charge is 2.28. The number of benzene rings is 2. The zero-order chi connectivity index (χ0) is 18.7. The molecule has 1 fully saturated rings. The predicted molar refractivity (Wildman–Crippen MR) is 101 cm³/mol. The average Bonchev–Trinajstić information content (AvgIpc) is 3.00. The second-order valence-corrected chi connectivity index (χ2v) is 8.24. The van der Waals surface area contributed by atoms with E-state index in [2.05, 4.69) is 5.32 Å². The van der Waals surface area contributed by atoms with Crippen molar-refractivity contribution < 1.29 is 17.9 Å². The first kappa shape index (κ1) is 18.3. The van der Waals surface area contributed by atoms with Gasteiger partial charge in [0, 0.05) is 17.7 Å². The lowest BCUT2D eigenvalue weighted by Gasteiger charge is -2.18. The molecule has 1 aliphatic rings. The van der Waals surface area contributed by atoms with Crippen molar-refractivity contribution in [2.45, 2.75) is 19.4 Å². The van der Waals surface area contributed by atoms with Crippen LogP contribution in [0.25, 0.3) is 0 Å². The first-order chi connectivity index (χ1) is 12.4. The second-order valence-electron chi connectivity index (χ2n) is 6.23. The normalized spacial score (nSPS) is 16.9. The highest BCUT2D eigenvalue weighted by molar-refractivity contribution is 7.93. The molecule has 2 aromatic carbocycles. The van der Waals surface area contributed by atoms with Gasteiger partial charge in [-0.15, -0.1) is 0 Å². The zero-order valence-corrected chi connectivity index (χ0v) is 15.6. The van der Waals surface area contributed by atoms with E-state index in [1.54, 1.807) is 31.4 Å². The van der Waals surface area contributed by atoms with Gasteiger partial charge in [0.25, 0.3) is 5.91 Å². The van der Waals surface area contributed by atoms with Crippen molar-refractivity contribution in [1.29, 1.82) is 0 Å². The summed E-state index contributed by atoms with van der Waals surface area (Å²) >= 11 is 0. The number of hydrogen-bond donors (Lipinski definition) is 1. The molecule has 1 saturated heterocycles. The Morgan fingerprint density at radius 1 is 1.15 bits per heavy atom. The third-order valence-electron chi connectivity index (χ3n) is 4.47. The zero-order valence-electron chi connectivity index (χ0n) is 14.8. The number of hydrogen-bond acceptors (Lipinski definition) is 4. The van der Waals surface area contributed by atoms with Crippen LogP contribution in [-0.4, -0.2) is 33.7 Å². The van der Waals surface area contributed by atoms with E-state index in [1.807, 2.05) is 31.2 Å². The van der Waals surface area contributed by atoms with Gasteiger partial charge in [-0.1, -0.05) is 18.2 Å². The fourth-order valence-electron chi connectivity index (χ4n) is 3.09. The van der Waals surface area contributed by atoms with E-state index >= 15 is 0 Å². The topological polar surface area (TPSA) is 75.7 Å². The van der Waals surface area contributed by atoms with Gasteiger partial charge in [-0.25, -0.2) is 8.42 Å². The SMILES string of the molecule is COc1ccccc1[C@H](C)NC(=O)c1ccc(N2CCCS2(=O)=O)cc1. The van der Waals surface area contributed by atoms with E-state index in [0.29, 0.717) is 24.2 Å². The lowest BCUT2D eigenvalue weighted by atomic mass is 10.1. The number of para-hydroxylation sites is 1. The van der Waals surface area contributed by atoms with Crippen molar-refractivity contribution >= 4 is 21.6 Å². The van der Waals surface area contributed by atoms with Crippen LogP contribution in [0.4, 0.5) is 5.69 Å². The Morgan fingerprint density at radius 3 is 2.46 bits per heavy atom. The molecule has 0 bridgehead atoms. The van der Waals surface area contributed by atoms with Gasteiger partial charge in [0.05, 0.1) is 24.6 Å². The van der Waals surface area contributed by atoms with Gasteiger partial charge in [-0.3, -0.25) is 9.10 Å². The van der Waals surface area contributed by atoms with Gasteiger partial charge >= 0.3 is 0 Å². The number of sulfonamides is 1. The van der Waals surface area contributed by atoms with Crippen LogP contribution >= 0.6 is 0 Å². The smallest absolute Gasteiger partial charge is 0.251 e. The van der Waals surface area contributed by atoms with Crippen LogP contribution in [0.15, 0.2) is 48.5 Å². The molecular formula is C19H22N2O4S. The standard InChI is InChI=1S/C19H22N2O4S/c1-14(17-6-3-4-7-18(17)25-2)20-19(22)15-8-10-16(11-9-15)21-12-5-13-26(21,23)24/h3-4,6-11,14H,5,12-13H2,1-2H3,(H,20,22)/t14-/m0/s1. The van der Waals surface area contributed by atoms with Gasteiger partial charge in [-0.2, -0.15) is 0 Å². The molecule has 6 nitrogen and oxygen atoms in total. The van der Waals surface area contributed by atoms with Gasteiger partial charge in [0.1, 0.15) is 5.75 Å². The van der Waals surface area contributed by atoms with Crippen molar-refractivity contribution in [2.75, 3.05) is 23.7 Å². The average molecular weight is 374 g/mol. The molecule has 0 aromatic heterocycles. The fraction of sp³-hybridized carbons (Fsp3) is 0.316. The number of amides is 1. The van der Waals surface area contributed by atoms with E-state index in [9.17, 15) is 13.2 Å². The lowest BCUT2D eigenvalue weighted by Crippen LogP contribution is -2.27. The summed E-state index contributed by atoms with van der Waals surface area (Å²) < 4.78 is 30.7. The Balaban J connectivity index is 1.72. The summed E-state index contributed by atoms with van der Waals surface area (Å²) in [5.74, 6) is 0.667. The number of carbonyl (C=O) groups is 1. The molecule has 7 heteroatoms. The van der Waals surface area contributed by atoms with Crippen molar-refractivity contribution in [3.05, 3.63) is 59.7 Å². The minimum absolute atomic E-state index is 0.172. The molecule has 1 amide bonds. The first-order valence-corrected chi connectivity index (χ1v) is 10.1. The van der Waals surface area contributed by atoms with Crippen molar-refractivity contribution in [3.8, 4) is 5.75 Å². The molecule has 0 saturated carbocycles. The number of carbonyl (C=O) groups excluding carboxylic acids is 1.